The zero-order valence-corrected chi connectivity index (χ0v) is 9.35. The molecule has 2 heterocycles. The molecule has 3 heteroatoms. The largest absolute Gasteiger partial charge is 0.380 e. The molecule has 0 aromatic heterocycles. The molecule has 2 aliphatic rings. The van der Waals surface area contributed by atoms with E-state index in [1.54, 1.807) is 0 Å². The number of nitrogens with one attached hydrogen (secondary N) is 2. The lowest BCUT2D eigenvalue weighted by atomic mass is 9.83. The number of hydrogen-bond acceptors (Lipinski definition) is 2. The summed E-state index contributed by atoms with van der Waals surface area (Å²) in [6, 6.07) is 6.78. The highest BCUT2D eigenvalue weighted by Crippen LogP contribution is 2.32. The number of halogens is 1. The monoisotopic (exact) mass is 222 g/mol. The first-order chi connectivity index (χ1) is 7.33. The van der Waals surface area contributed by atoms with E-state index < -0.39 is 0 Å². The summed E-state index contributed by atoms with van der Waals surface area (Å²) in [5.41, 5.74) is 2.65. The van der Waals surface area contributed by atoms with Crippen LogP contribution in [-0.4, -0.2) is 19.1 Å². The van der Waals surface area contributed by atoms with Crippen molar-refractivity contribution in [2.45, 2.75) is 18.9 Å². The maximum Gasteiger partial charge on any atom is 0.0426 e. The van der Waals surface area contributed by atoms with Gasteiger partial charge < -0.3 is 10.6 Å². The Hall–Kier alpha value is -0.730. The smallest absolute Gasteiger partial charge is 0.0426 e. The van der Waals surface area contributed by atoms with E-state index in [-0.39, 0.29) is 0 Å². The summed E-state index contributed by atoms with van der Waals surface area (Å²) in [6.45, 7) is 2.24. The summed E-state index contributed by atoms with van der Waals surface area (Å²) in [5, 5.41) is 7.85. The van der Waals surface area contributed by atoms with Crippen molar-refractivity contribution in [3.63, 3.8) is 0 Å². The van der Waals surface area contributed by atoms with Crippen molar-refractivity contribution in [1.29, 1.82) is 0 Å². The summed E-state index contributed by atoms with van der Waals surface area (Å²) < 4.78 is 0. The Morgan fingerprint density at radius 2 is 2.27 bits per heavy atom. The number of fused-ring (bicyclic) bond motifs is 2. The van der Waals surface area contributed by atoms with Gasteiger partial charge in [-0.25, -0.2) is 0 Å². The van der Waals surface area contributed by atoms with Gasteiger partial charge in [0.1, 0.15) is 0 Å². The molecule has 2 aliphatic heterocycles. The minimum atomic E-state index is 0.588. The molecule has 80 valence electrons. The normalized spacial score (nSPS) is 28.9. The van der Waals surface area contributed by atoms with Gasteiger partial charge in [-0.3, -0.25) is 0 Å². The van der Waals surface area contributed by atoms with Crippen molar-refractivity contribution in [2.75, 3.05) is 18.4 Å². The van der Waals surface area contributed by atoms with Crippen LogP contribution in [0.25, 0.3) is 0 Å². The van der Waals surface area contributed by atoms with Crippen molar-refractivity contribution in [2.24, 2.45) is 5.92 Å². The van der Waals surface area contributed by atoms with Gasteiger partial charge in [0.05, 0.1) is 0 Å². The third-order valence-electron chi connectivity index (χ3n) is 3.52. The van der Waals surface area contributed by atoms with Crippen LogP contribution in [-0.2, 0) is 6.42 Å². The molecule has 0 amide bonds. The lowest BCUT2D eigenvalue weighted by Gasteiger charge is -2.38. The zero-order chi connectivity index (χ0) is 10.3. The second-order valence-electron chi connectivity index (χ2n) is 4.51. The van der Waals surface area contributed by atoms with Gasteiger partial charge in [0, 0.05) is 23.3 Å². The molecule has 2 unspecified atom stereocenters. The van der Waals surface area contributed by atoms with Gasteiger partial charge in [0.15, 0.2) is 0 Å². The zero-order valence-electron chi connectivity index (χ0n) is 8.59. The second kappa shape index (κ2) is 3.69. The Bertz CT molecular complexity index is 378. The van der Waals surface area contributed by atoms with Crippen molar-refractivity contribution in [3.8, 4) is 0 Å². The first kappa shape index (κ1) is 9.49. The van der Waals surface area contributed by atoms with Gasteiger partial charge in [-0.2, -0.15) is 0 Å². The SMILES string of the molecule is Clc1ccc2c(c1)NC1CNCCC1C2. The quantitative estimate of drug-likeness (QED) is 0.704. The number of rotatable bonds is 0. The molecule has 2 atom stereocenters. The van der Waals surface area contributed by atoms with Gasteiger partial charge in [-0.05, 0) is 43.0 Å². The lowest BCUT2D eigenvalue weighted by molar-refractivity contribution is 0.331. The molecule has 2 nitrogen and oxygen atoms in total. The minimum Gasteiger partial charge on any atom is -0.380 e. The molecule has 0 spiro atoms. The van der Waals surface area contributed by atoms with Crippen LogP contribution in [0.1, 0.15) is 12.0 Å². The maximum atomic E-state index is 6.00. The molecule has 3 rings (SSSR count). The molecular weight excluding hydrogens is 208 g/mol. The number of benzene rings is 1. The van der Waals surface area contributed by atoms with Crippen LogP contribution in [0.4, 0.5) is 5.69 Å². The Morgan fingerprint density at radius 3 is 3.20 bits per heavy atom. The average molecular weight is 223 g/mol. The van der Waals surface area contributed by atoms with Crippen molar-refractivity contribution in [3.05, 3.63) is 28.8 Å². The summed E-state index contributed by atoms with van der Waals surface area (Å²) in [7, 11) is 0. The molecule has 2 N–H and O–H groups in total. The molecular formula is C12H15ClN2. The molecule has 0 radical (unpaired) electrons. The van der Waals surface area contributed by atoms with Crippen LogP contribution in [0.2, 0.25) is 5.02 Å². The predicted molar refractivity (Wildman–Crippen MR) is 63.5 cm³/mol. The summed E-state index contributed by atoms with van der Waals surface area (Å²) in [5.74, 6) is 0.792. The van der Waals surface area contributed by atoms with E-state index in [1.165, 1.54) is 24.1 Å². The molecule has 1 aromatic carbocycles. The highest BCUT2D eigenvalue weighted by Gasteiger charge is 2.29. The fraction of sp³-hybridized carbons (Fsp3) is 0.500. The van der Waals surface area contributed by atoms with Crippen LogP contribution in [0.5, 0.6) is 0 Å². The molecule has 1 saturated heterocycles. The summed E-state index contributed by atoms with van der Waals surface area (Å²) >= 11 is 6.00. The van der Waals surface area contributed by atoms with Gasteiger partial charge in [0.2, 0.25) is 0 Å². The van der Waals surface area contributed by atoms with Crippen molar-refractivity contribution < 1.29 is 0 Å². The summed E-state index contributed by atoms with van der Waals surface area (Å²) in [4.78, 5) is 0. The van der Waals surface area contributed by atoms with E-state index >= 15 is 0 Å². The van der Waals surface area contributed by atoms with Crippen LogP contribution >= 0.6 is 11.6 Å². The van der Waals surface area contributed by atoms with E-state index in [0.717, 1.165) is 24.0 Å². The lowest BCUT2D eigenvalue weighted by Crippen LogP contribution is -2.48. The van der Waals surface area contributed by atoms with E-state index in [4.69, 9.17) is 11.6 Å². The first-order valence-electron chi connectivity index (χ1n) is 5.58. The Morgan fingerprint density at radius 1 is 1.33 bits per heavy atom. The van der Waals surface area contributed by atoms with Crippen LogP contribution in [0, 0.1) is 5.92 Å². The minimum absolute atomic E-state index is 0.588. The standard InChI is InChI=1S/C12H15ClN2/c13-10-2-1-8-5-9-3-4-14-7-12(9)15-11(8)6-10/h1-2,6,9,12,14-15H,3-5,7H2. The fourth-order valence-corrected chi connectivity index (χ4v) is 2.84. The number of piperidine rings is 1. The number of hydrogen-bond donors (Lipinski definition) is 2. The van der Waals surface area contributed by atoms with Crippen LogP contribution in [0.3, 0.4) is 0 Å². The topological polar surface area (TPSA) is 24.1 Å². The Kier molecular flexibility index (Phi) is 2.33. The summed E-state index contributed by atoms with van der Waals surface area (Å²) in [6.07, 6.45) is 2.48. The van der Waals surface area contributed by atoms with E-state index in [2.05, 4.69) is 16.7 Å². The van der Waals surface area contributed by atoms with E-state index in [1.807, 2.05) is 12.1 Å². The van der Waals surface area contributed by atoms with Crippen LogP contribution in [0.15, 0.2) is 18.2 Å². The number of anilines is 1. The van der Waals surface area contributed by atoms with Gasteiger partial charge in [-0.1, -0.05) is 17.7 Å². The molecule has 15 heavy (non-hydrogen) atoms. The molecule has 1 fully saturated rings. The highest BCUT2D eigenvalue weighted by molar-refractivity contribution is 6.30. The predicted octanol–water partition coefficient (Wildman–Crippen LogP) is 2.29. The van der Waals surface area contributed by atoms with Crippen LogP contribution < -0.4 is 10.6 Å². The third kappa shape index (κ3) is 1.72. The Labute approximate surface area is 95.0 Å². The average Bonchev–Trinajstić information content (AvgIpc) is 2.26. The van der Waals surface area contributed by atoms with E-state index in [0.29, 0.717) is 6.04 Å². The second-order valence-corrected chi connectivity index (χ2v) is 4.95. The molecule has 0 saturated carbocycles. The molecule has 0 bridgehead atoms. The van der Waals surface area contributed by atoms with E-state index in [9.17, 15) is 0 Å². The maximum absolute atomic E-state index is 6.00. The van der Waals surface area contributed by atoms with Gasteiger partial charge in [0.25, 0.3) is 0 Å². The first-order valence-corrected chi connectivity index (χ1v) is 5.96. The molecule has 1 aromatic rings. The highest BCUT2D eigenvalue weighted by atomic mass is 35.5. The molecule has 0 aliphatic carbocycles. The van der Waals surface area contributed by atoms with Gasteiger partial charge in [-0.15, -0.1) is 0 Å². The third-order valence-corrected chi connectivity index (χ3v) is 3.76. The van der Waals surface area contributed by atoms with Crippen molar-refractivity contribution in [1.82, 2.24) is 5.32 Å². The Balaban J connectivity index is 1.92. The fourth-order valence-electron chi connectivity index (χ4n) is 2.67. The van der Waals surface area contributed by atoms with Gasteiger partial charge >= 0.3 is 0 Å². The van der Waals surface area contributed by atoms with Crippen molar-refractivity contribution >= 4 is 17.3 Å².